The molecule has 0 aromatic heterocycles. The van der Waals surface area contributed by atoms with Crippen LogP contribution in [0, 0.1) is 11.6 Å². The van der Waals surface area contributed by atoms with Gasteiger partial charge in [-0.1, -0.05) is 12.1 Å². The van der Waals surface area contributed by atoms with Crippen LogP contribution in [0.1, 0.15) is 5.56 Å². The summed E-state index contributed by atoms with van der Waals surface area (Å²) in [4.78, 5) is 13.3. The number of amides is 1. The predicted octanol–water partition coefficient (Wildman–Crippen LogP) is 2.05. The Morgan fingerprint density at radius 3 is 2.29 bits per heavy atom. The van der Waals surface area contributed by atoms with Crippen LogP contribution in [0.5, 0.6) is 5.75 Å². The van der Waals surface area contributed by atoms with E-state index in [9.17, 15) is 22.0 Å². The maximum absolute atomic E-state index is 13.9. The first kappa shape index (κ1) is 20.2. The number of rotatable bonds is 5. The summed E-state index contributed by atoms with van der Waals surface area (Å²) in [6.07, 6.45) is 0.190. The minimum Gasteiger partial charge on any atom is -0.497 e. The zero-order valence-corrected chi connectivity index (χ0v) is 16.1. The number of carbonyl (C=O) groups excluding carboxylic acids is 1. The molecule has 0 radical (unpaired) electrons. The van der Waals surface area contributed by atoms with E-state index in [1.807, 2.05) is 0 Å². The topological polar surface area (TPSA) is 66.9 Å². The lowest BCUT2D eigenvalue weighted by Crippen LogP contribution is -2.51. The molecule has 0 bridgehead atoms. The Hall–Kier alpha value is -2.52. The van der Waals surface area contributed by atoms with Crippen LogP contribution in [0.2, 0.25) is 0 Å². The van der Waals surface area contributed by atoms with Gasteiger partial charge in [0.25, 0.3) is 0 Å². The predicted molar refractivity (Wildman–Crippen MR) is 98.4 cm³/mol. The number of ether oxygens (including phenoxy) is 1. The van der Waals surface area contributed by atoms with Crippen molar-refractivity contribution in [3.63, 3.8) is 0 Å². The quantitative estimate of drug-likeness (QED) is 0.757. The van der Waals surface area contributed by atoms with E-state index in [1.54, 1.807) is 36.3 Å². The highest BCUT2D eigenvalue weighted by molar-refractivity contribution is 7.89. The molecule has 0 atom stereocenters. The van der Waals surface area contributed by atoms with Gasteiger partial charge >= 0.3 is 0 Å². The number of hydrogen-bond donors (Lipinski definition) is 0. The van der Waals surface area contributed by atoms with Crippen LogP contribution in [0.25, 0.3) is 0 Å². The lowest BCUT2D eigenvalue weighted by molar-refractivity contribution is -0.131. The maximum atomic E-state index is 13.9. The van der Waals surface area contributed by atoms with Gasteiger partial charge in [0.2, 0.25) is 15.9 Å². The van der Waals surface area contributed by atoms with Crippen molar-refractivity contribution in [2.75, 3.05) is 33.3 Å². The minimum absolute atomic E-state index is 0.0205. The van der Waals surface area contributed by atoms with E-state index in [1.165, 1.54) is 0 Å². The molecule has 2 aromatic carbocycles. The SMILES string of the molecule is COc1ccc(CC(=O)N2CCN(S(=O)(=O)c3cc(F)ccc3F)CC2)cc1. The van der Waals surface area contributed by atoms with Crippen molar-refractivity contribution in [3.05, 3.63) is 59.7 Å². The Labute approximate surface area is 162 Å². The summed E-state index contributed by atoms with van der Waals surface area (Å²) in [6.45, 7) is 0.412. The fourth-order valence-electron chi connectivity index (χ4n) is 3.02. The van der Waals surface area contributed by atoms with Gasteiger partial charge < -0.3 is 9.64 Å². The molecule has 0 saturated carbocycles. The third-order valence-corrected chi connectivity index (χ3v) is 6.53. The fourth-order valence-corrected chi connectivity index (χ4v) is 4.52. The first-order valence-electron chi connectivity index (χ1n) is 8.67. The molecule has 28 heavy (non-hydrogen) atoms. The van der Waals surface area contributed by atoms with Gasteiger partial charge in [-0.25, -0.2) is 17.2 Å². The van der Waals surface area contributed by atoms with Crippen molar-refractivity contribution in [1.29, 1.82) is 0 Å². The summed E-state index contributed by atoms with van der Waals surface area (Å²) in [5, 5.41) is 0. The van der Waals surface area contributed by atoms with Gasteiger partial charge in [0.05, 0.1) is 13.5 Å². The summed E-state index contributed by atoms with van der Waals surface area (Å²) in [5.41, 5.74) is 0.822. The Morgan fingerprint density at radius 2 is 1.68 bits per heavy atom. The number of sulfonamides is 1. The van der Waals surface area contributed by atoms with Crippen LogP contribution in [0.4, 0.5) is 8.78 Å². The van der Waals surface area contributed by atoms with E-state index in [-0.39, 0.29) is 38.5 Å². The molecule has 0 unspecified atom stereocenters. The average molecular weight is 410 g/mol. The third kappa shape index (κ3) is 4.31. The molecule has 1 saturated heterocycles. The number of hydrogen-bond acceptors (Lipinski definition) is 4. The summed E-state index contributed by atoms with van der Waals surface area (Å²) < 4.78 is 58.6. The van der Waals surface area contributed by atoms with Crippen LogP contribution in [0.15, 0.2) is 47.4 Å². The van der Waals surface area contributed by atoms with Crippen molar-refractivity contribution in [2.45, 2.75) is 11.3 Å². The molecular weight excluding hydrogens is 390 g/mol. The highest BCUT2D eigenvalue weighted by atomic mass is 32.2. The highest BCUT2D eigenvalue weighted by Crippen LogP contribution is 2.22. The largest absolute Gasteiger partial charge is 0.497 e. The summed E-state index contributed by atoms with van der Waals surface area (Å²) in [6, 6.07) is 9.45. The molecule has 0 N–H and O–H groups in total. The van der Waals surface area contributed by atoms with Crippen molar-refractivity contribution in [2.24, 2.45) is 0 Å². The Kier molecular flexibility index (Phi) is 5.95. The van der Waals surface area contributed by atoms with Gasteiger partial charge in [0.1, 0.15) is 22.3 Å². The van der Waals surface area contributed by atoms with Gasteiger partial charge in [-0.2, -0.15) is 4.31 Å². The van der Waals surface area contributed by atoms with Crippen LogP contribution in [0.3, 0.4) is 0 Å². The molecule has 0 spiro atoms. The molecule has 3 rings (SSSR count). The second kappa shape index (κ2) is 8.24. The molecule has 1 heterocycles. The summed E-state index contributed by atoms with van der Waals surface area (Å²) >= 11 is 0. The summed E-state index contributed by atoms with van der Waals surface area (Å²) in [7, 11) is -2.61. The Morgan fingerprint density at radius 1 is 1.04 bits per heavy atom. The molecular formula is C19H20F2N2O4S. The van der Waals surface area contributed by atoms with E-state index in [0.717, 1.165) is 22.0 Å². The molecule has 0 aliphatic carbocycles. The number of halogens is 2. The lowest BCUT2D eigenvalue weighted by atomic mass is 10.1. The first-order chi connectivity index (χ1) is 13.3. The first-order valence-corrected chi connectivity index (χ1v) is 10.1. The Balaban J connectivity index is 1.63. The minimum atomic E-state index is -4.16. The fraction of sp³-hybridized carbons (Fsp3) is 0.316. The monoisotopic (exact) mass is 410 g/mol. The summed E-state index contributed by atoms with van der Waals surface area (Å²) in [5.74, 6) is -1.26. The van der Waals surface area contributed by atoms with E-state index < -0.39 is 26.6 Å². The molecule has 9 heteroatoms. The number of carbonyl (C=O) groups is 1. The number of nitrogens with zero attached hydrogens (tertiary/aromatic N) is 2. The van der Waals surface area contributed by atoms with Gasteiger partial charge in [-0.3, -0.25) is 4.79 Å². The molecule has 2 aromatic rings. The van der Waals surface area contributed by atoms with E-state index >= 15 is 0 Å². The van der Waals surface area contributed by atoms with Crippen molar-refractivity contribution in [1.82, 2.24) is 9.21 Å². The maximum Gasteiger partial charge on any atom is 0.246 e. The van der Waals surface area contributed by atoms with Crippen LogP contribution < -0.4 is 4.74 Å². The number of benzene rings is 2. The van der Waals surface area contributed by atoms with Crippen molar-refractivity contribution < 1.29 is 26.7 Å². The van der Waals surface area contributed by atoms with E-state index in [2.05, 4.69) is 0 Å². The van der Waals surface area contributed by atoms with Crippen LogP contribution in [-0.4, -0.2) is 56.8 Å². The second-order valence-corrected chi connectivity index (χ2v) is 8.29. The zero-order valence-electron chi connectivity index (χ0n) is 15.3. The molecule has 6 nitrogen and oxygen atoms in total. The Bertz CT molecular complexity index is 956. The number of methoxy groups -OCH3 is 1. The normalized spacial score (nSPS) is 15.5. The van der Waals surface area contributed by atoms with E-state index in [0.29, 0.717) is 11.8 Å². The molecule has 150 valence electrons. The van der Waals surface area contributed by atoms with Crippen molar-refractivity contribution >= 4 is 15.9 Å². The third-order valence-electron chi connectivity index (χ3n) is 4.62. The van der Waals surface area contributed by atoms with Crippen molar-refractivity contribution in [3.8, 4) is 5.75 Å². The van der Waals surface area contributed by atoms with Gasteiger partial charge in [-0.15, -0.1) is 0 Å². The lowest BCUT2D eigenvalue weighted by Gasteiger charge is -2.34. The standard InChI is InChI=1S/C19H20F2N2O4S/c1-27-16-5-2-14(3-6-16)12-19(24)22-8-10-23(11-9-22)28(25,26)18-13-15(20)4-7-17(18)21/h2-7,13H,8-12H2,1H3. The van der Waals surface area contributed by atoms with Crippen LogP contribution in [-0.2, 0) is 21.2 Å². The van der Waals surface area contributed by atoms with Gasteiger partial charge in [-0.05, 0) is 35.9 Å². The molecule has 1 aliphatic rings. The second-order valence-electron chi connectivity index (χ2n) is 6.38. The van der Waals surface area contributed by atoms with E-state index in [4.69, 9.17) is 4.74 Å². The zero-order chi connectivity index (χ0) is 20.3. The molecule has 1 amide bonds. The highest BCUT2D eigenvalue weighted by Gasteiger charge is 2.32. The van der Waals surface area contributed by atoms with Gasteiger partial charge in [0.15, 0.2) is 0 Å². The van der Waals surface area contributed by atoms with Gasteiger partial charge in [0, 0.05) is 26.2 Å². The molecule has 1 aliphatic heterocycles. The number of piperazine rings is 1. The molecule has 1 fully saturated rings. The van der Waals surface area contributed by atoms with Crippen LogP contribution >= 0.6 is 0 Å². The smallest absolute Gasteiger partial charge is 0.246 e. The average Bonchev–Trinajstić information content (AvgIpc) is 2.70.